The molecule has 19 rings (SSSR count). The van der Waals surface area contributed by atoms with Crippen molar-refractivity contribution in [2.75, 3.05) is 9.80 Å². The molecule has 0 unspecified atom stereocenters. The van der Waals surface area contributed by atoms with E-state index in [-0.39, 0.29) is 0 Å². The fourth-order valence-corrected chi connectivity index (χ4v) is 14.6. The van der Waals surface area contributed by atoms with Crippen LogP contribution >= 0.6 is 0 Å². The third kappa shape index (κ3) is 6.60. The Labute approximate surface area is 492 Å². The third-order valence-electron chi connectivity index (χ3n) is 18.2. The van der Waals surface area contributed by atoms with E-state index < -0.39 is 0 Å². The minimum atomic E-state index is 0.867. The number of nitrogens with zero attached hydrogens (tertiary/aromatic N) is 4. The van der Waals surface area contributed by atoms with Crippen molar-refractivity contribution in [3.8, 4) is 22.3 Å². The average molecular weight is 1100 g/mol. The molecule has 0 aliphatic rings. The molecule has 86 heavy (non-hydrogen) atoms. The molecule has 5 heterocycles. The van der Waals surface area contributed by atoms with Crippen LogP contribution in [0.5, 0.6) is 0 Å². The summed E-state index contributed by atoms with van der Waals surface area (Å²) in [6.45, 7) is 0. The van der Waals surface area contributed by atoms with Crippen molar-refractivity contribution < 1.29 is 8.83 Å². The molecular formula is C80H48N4O2. The second kappa shape index (κ2) is 18.0. The second-order valence-electron chi connectivity index (χ2n) is 22.7. The van der Waals surface area contributed by atoms with E-state index in [0.29, 0.717) is 0 Å². The van der Waals surface area contributed by atoms with E-state index in [1.807, 2.05) is 24.3 Å². The lowest BCUT2D eigenvalue weighted by Crippen LogP contribution is -2.10. The molecule has 0 fully saturated rings. The molecule has 0 saturated heterocycles. The number of hydrogen-bond donors (Lipinski definition) is 0. The Kier molecular flexibility index (Phi) is 9.80. The molecule has 0 aliphatic carbocycles. The van der Waals surface area contributed by atoms with E-state index in [4.69, 9.17) is 8.83 Å². The number of rotatable bonds is 8. The number of hydrogen-bond acceptors (Lipinski definition) is 4. The molecule has 6 nitrogen and oxygen atoms in total. The summed E-state index contributed by atoms with van der Waals surface area (Å²) >= 11 is 0. The van der Waals surface area contributed by atoms with Gasteiger partial charge in [0.25, 0.3) is 0 Å². The topological polar surface area (TPSA) is 41.6 Å². The first kappa shape index (κ1) is 46.9. The molecule has 5 aromatic heterocycles. The van der Waals surface area contributed by atoms with Crippen LogP contribution in [0, 0.1) is 0 Å². The van der Waals surface area contributed by atoms with Crippen LogP contribution < -0.4 is 9.80 Å². The fraction of sp³-hybridized carbons (Fsp3) is 0. The molecule has 0 amide bonds. The Morgan fingerprint density at radius 1 is 0.233 bits per heavy atom. The summed E-state index contributed by atoms with van der Waals surface area (Å²) < 4.78 is 18.3. The van der Waals surface area contributed by atoms with E-state index in [9.17, 15) is 0 Å². The summed E-state index contributed by atoms with van der Waals surface area (Å²) in [5, 5.41) is 14.3. The molecule has 0 N–H and O–H groups in total. The van der Waals surface area contributed by atoms with Gasteiger partial charge >= 0.3 is 0 Å². The molecule has 400 valence electrons. The van der Waals surface area contributed by atoms with Crippen molar-refractivity contribution in [2.24, 2.45) is 0 Å². The van der Waals surface area contributed by atoms with E-state index in [2.05, 4.69) is 286 Å². The van der Waals surface area contributed by atoms with Gasteiger partial charge in [-0.15, -0.1) is 0 Å². The van der Waals surface area contributed by atoms with Crippen LogP contribution in [0.25, 0.3) is 142 Å². The van der Waals surface area contributed by atoms with Gasteiger partial charge in [0, 0.05) is 65.8 Å². The molecule has 0 bridgehead atoms. The van der Waals surface area contributed by atoms with Gasteiger partial charge in [0.1, 0.15) is 11.2 Å². The normalized spacial score (nSPS) is 12.2. The Hall–Kier alpha value is -11.6. The van der Waals surface area contributed by atoms with Crippen LogP contribution in [0.4, 0.5) is 34.1 Å². The van der Waals surface area contributed by atoms with Crippen LogP contribution in [0.3, 0.4) is 0 Å². The van der Waals surface area contributed by atoms with Gasteiger partial charge in [-0.2, -0.15) is 0 Å². The molecule has 0 saturated carbocycles. The van der Waals surface area contributed by atoms with Gasteiger partial charge in [0.2, 0.25) is 0 Å². The standard InChI is InChI=1S/C80H48N4O2/c1-3-17-51(18-4-1)81(71-33-13-27-63-59-21-7-9-35-73(59)85-79(63)71)53-41-37-49(38-42-53)55-23-11-25-61-57(55)45-47-67-75(61)65-29-15-31-69-77(65)83(67)70-32-16-30-66-76-62-26-12-24-56(58(62)46-48-68(76)84(69)78(66)70)50-39-43-54(44-40-50)82(52-19-5-2-6-20-52)72-34-14-28-64-60-22-8-10-36-74(60)86-80(64)72/h1-48H. The van der Waals surface area contributed by atoms with Gasteiger partial charge in [-0.25, -0.2) is 0 Å². The zero-order valence-electron chi connectivity index (χ0n) is 46.3. The molecule has 6 heteroatoms. The Bertz CT molecular complexity index is 5580. The molecule has 0 spiro atoms. The summed E-state index contributed by atoms with van der Waals surface area (Å²) in [4.78, 5) is 4.61. The highest BCUT2D eigenvalue weighted by atomic mass is 16.3. The number of benzene rings is 14. The Balaban J connectivity index is 0.730. The molecular weight excluding hydrogens is 1050 g/mol. The molecule has 0 radical (unpaired) electrons. The first-order valence-corrected chi connectivity index (χ1v) is 29.4. The summed E-state index contributed by atoms with van der Waals surface area (Å²) in [5.74, 6) is 0. The van der Waals surface area contributed by atoms with Gasteiger partial charge in [-0.05, 0) is 141 Å². The van der Waals surface area contributed by atoms with Gasteiger partial charge in [0.05, 0.1) is 44.5 Å². The van der Waals surface area contributed by atoms with Crippen LogP contribution in [-0.2, 0) is 0 Å². The predicted molar refractivity (Wildman–Crippen MR) is 359 cm³/mol. The third-order valence-corrected chi connectivity index (χ3v) is 18.2. The summed E-state index contributed by atoms with van der Waals surface area (Å²) in [6.07, 6.45) is 0. The zero-order valence-corrected chi connectivity index (χ0v) is 46.3. The highest BCUT2D eigenvalue weighted by molar-refractivity contribution is 6.30. The number of aromatic nitrogens is 2. The molecule has 0 atom stereocenters. The maximum atomic E-state index is 6.61. The highest BCUT2D eigenvalue weighted by Gasteiger charge is 2.26. The fourth-order valence-electron chi connectivity index (χ4n) is 14.6. The van der Waals surface area contributed by atoms with Crippen molar-refractivity contribution in [1.82, 2.24) is 8.80 Å². The van der Waals surface area contributed by atoms with Crippen LogP contribution in [0.1, 0.15) is 0 Å². The van der Waals surface area contributed by atoms with Gasteiger partial charge < -0.3 is 27.4 Å². The van der Waals surface area contributed by atoms with E-state index in [1.54, 1.807) is 0 Å². The van der Waals surface area contributed by atoms with Crippen molar-refractivity contribution in [3.05, 3.63) is 291 Å². The number of para-hydroxylation sites is 8. The van der Waals surface area contributed by atoms with Crippen LogP contribution in [0.15, 0.2) is 300 Å². The van der Waals surface area contributed by atoms with Crippen LogP contribution in [-0.4, -0.2) is 8.80 Å². The summed E-state index contributed by atoms with van der Waals surface area (Å²) in [7, 11) is 0. The lowest BCUT2D eigenvalue weighted by Gasteiger charge is -2.25. The van der Waals surface area contributed by atoms with Crippen molar-refractivity contribution in [3.63, 3.8) is 0 Å². The Morgan fingerprint density at radius 3 is 1.05 bits per heavy atom. The average Bonchev–Trinajstić information content (AvgIpc) is 1.54. The largest absolute Gasteiger partial charge is 0.454 e. The van der Waals surface area contributed by atoms with Gasteiger partial charge in [-0.3, -0.25) is 0 Å². The number of fused-ring (bicyclic) bond motifs is 18. The first-order chi connectivity index (χ1) is 42.7. The molecule has 14 aromatic carbocycles. The minimum absolute atomic E-state index is 0.867. The molecule has 0 aliphatic heterocycles. The van der Waals surface area contributed by atoms with Crippen LogP contribution in [0.2, 0.25) is 0 Å². The van der Waals surface area contributed by atoms with Crippen molar-refractivity contribution >= 4 is 154 Å². The minimum Gasteiger partial charge on any atom is -0.454 e. The number of anilines is 6. The monoisotopic (exact) mass is 1100 g/mol. The lowest BCUT2D eigenvalue weighted by molar-refractivity contribution is 0.668. The SMILES string of the molecule is c1ccc(N(c2ccc(-c3cccc4c3ccc3c4c4cccc5c4n3c3cccc4c6c7cccc(-c8ccc(N(c9ccccc9)c9cccc%10c9oc9ccccc9%10)cc8)c7ccc6n5c43)cc2)c2cccc3c2oc2ccccc23)cc1. The Morgan fingerprint density at radius 2 is 0.593 bits per heavy atom. The summed E-state index contributed by atoms with van der Waals surface area (Å²) in [6, 6.07) is 105. The molecule has 19 aromatic rings. The maximum Gasteiger partial charge on any atom is 0.159 e. The van der Waals surface area contributed by atoms with Gasteiger partial charge in [-0.1, -0.05) is 194 Å². The second-order valence-corrected chi connectivity index (χ2v) is 22.7. The quantitative estimate of drug-likeness (QED) is 0.142. The number of furan rings is 2. The van der Waals surface area contributed by atoms with E-state index >= 15 is 0 Å². The van der Waals surface area contributed by atoms with Crippen molar-refractivity contribution in [2.45, 2.75) is 0 Å². The van der Waals surface area contributed by atoms with E-state index in [0.717, 1.165) is 89.1 Å². The lowest BCUT2D eigenvalue weighted by atomic mass is 9.95. The highest BCUT2D eigenvalue weighted by Crippen LogP contribution is 2.49. The first-order valence-electron chi connectivity index (χ1n) is 29.4. The predicted octanol–water partition coefficient (Wildman–Crippen LogP) is 22.6. The van der Waals surface area contributed by atoms with Gasteiger partial charge in [0.15, 0.2) is 11.2 Å². The van der Waals surface area contributed by atoms with E-state index in [1.165, 1.54) is 87.3 Å². The van der Waals surface area contributed by atoms with Crippen molar-refractivity contribution in [1.29, 1.82) is 0 Å². The zero-order chi connectivity index (χ0) is 56.1. The maximum absolute atomic E-state index is 6.61. The summed E-state index contributed by atoms with van der Waals surface area (Å²) in [5.41, 5.74) is 21.6. The smallest absolute Gasteiger partial charge is 0.159 e.